The number of ether oxygens (including phenoxy) is 1. The lowest BCUT2D eigenvalue weighted by molar-refractivity contribution is -0.139. The van der Waals surface area contributed by atoms with Crippen LogP contribution in [-0.2, 0) is 22.6 Å². The number of rotatable bonds is 12. The zero-order chi connectivity index (χ0) is 24.7. The maximum absolute atomic E-state index is 13.7. The van der Waals surface area contributed by atoms with Gasteiger partial charge >= 0.3 is 5.97 Å². The van der Waals surface area contributed by atoms with Gasteiger partial charge in [-0.1, -0.05) is 39.8 Å². The van der Waals surface area contributed by atoms with E-state index in [-0.39, 0.29) is 24.1 Å². The van der Waals surface area contributed by atoms with Gasteiger partial charge in [-0.15, -0.1) is 0 Å². The highest BCUT2D eigenvalue weighted by Gasteiger charge is 2.25. The molecule has 0 aliphatic carbocycles. The van der Waals surface area contributed by atoms with Crippen molar-refractivity contribution in [2.45, 2.75) is 84.0 Å². The second kappa shape index (κ2) is 12.2. The molecule has 2 aromatic rings. The van der Waals surface area contributed by atoms with Gasteiger partial charge in [-0.25, -0.2) is 4.39 Å². The summed E-state index contributed by atoms with van der Waals surface area (Å²) in [6.45, 7) is 8.62. The van der Waals surface area contributed by atoms with Crippen LogP contribution in [0.15, 0.2) is 24.3 Å². The van der Waals surface area contributed by atoms with E-state index in [2.05, 4.69) is 27.7 Å². The highest BCUT2D eigenvalue weighted by molar-refractivity contribution is 5.73. The van der Waals surface area contributed by atoms with Gasteiger partial charge in [-0.05, 0) is 59.9 Å². The lowest BCUT2D eigenvalue weighted by Gasteiger charge is -2.25. The molecule has 33 heavy (non-hydrogen) atoms. The molecule has 0 radical (unpaired) electrons. The molecule has 2 atom stereocenters. The second-order valence-corrected chi connectivity index (χ2v) is 9.14. The molecule has 0 aliphatic rings. The van der Waals surface area contributed by atoms with Gasteiger partial charge in [0.05, 0.1) is 25.2 Å². The number of hydrogen-bond donors (Lipinski definition) is 3. The Morgan fingerprint density at radius 2 is 1.58 bits per heavy atom. The fourth-order valence-electron chi connectivity index (χ4n) is 4.19. The maximum atomic E-state index is 13.7. The normalized spacial score (nSPS) is 13.5. The molecular formula is C26H36FNO5. The Morgan fingerprint density at radius 3 is 2.09 bits per heavy atom. The number of nitrogens with zero attached hydrogens (tertiary/aromatic N) is 1. The molecule has 0 spiro atoms. The number of carbonyl (C=O) groups is 1. The molecule has 6 nitrogen and oxygen atoms in total. The Balaban J connectivity index is 2.57. The Kier molecular flexibility index (Phi) is 9.95. The zero-order valence-electron chi connectivity index (χ0n) is 20.1. The monoisotopic (exact) mass is 461 g/mol. The van der Waals surface area contributed by atoms with E-state index in [0.29, 0.717) is 19.4 Å². The first-order valence-corrected chi connectivity index (χ1v) is 11.4. The molecule has 2 rings (SSSR count). The minimum absolute atomic E-state index is 0.0162. The van der Waals surface area contributed by atoms with Crippen molar-refractivity contribution in [3.05, 3.63) is 52.6 Å². The van der Waals surface area contributed by atoms with Gasteiger partial charge in [0, 0.05) is 24.1 Å². The summed E-state index contributed by atoms with van der Waals surface area (Å²) in [6.07, 6.45) is -1.58. The molecule has 1 aromatic heterocycles. The number of aliphatic carboxylic acids is 1. The van der Waals surface area contributed by atoms with Crippen LogP contribution in [-0.4, -0.2) is 45.6 Å². The smallest absolute Gasteiger partial charge is 0.305 e. The predicted molar refractivity (Wildman–Crippen MR) is 126 cm³/mol. The number of pyridine rings is 1. The summed E-state index contributed by atoms with van der Waals surface area (Å²) in [5, 5.41) is 29.2. The summed E-state index contributed by atoms with van der Waals surface area (Å²) >= 11 is 0. The van der Waals surface area contributed by atoms with E-state index < -0.39 is 24.6 Å². The minimum Gasteiger partial charge on any atom is -0.481 e. The molecule has 0 amide bonds. The van der Waals surface area contributed by atoms with Crippen molar-refractivity contribution in [3.63, 3.8) is 0 Å². The van der Waals surface area contributed by atoms with Crippen LogP contribution in [0.1, 0.15) is 81.3 Å². The molecule has 1 heterocycles. The fraction of sp³-hybridized carbons (Fsp3) is 0.538. The lowest BCUT2D eigenvalue weighted by atomic mass is 9.85. The highest BCUT2D eigenvalue weighted by Crippen LogP contribution is 2.38. The molecule has 182 valence electrons. The van der Waals surface area contributed by atoms with Crippen molar-refractivity contribution < 1.29 is 29.2 Å². The summed E-state index contributed by atoms with van der Waals surface area (Å²) in [7, 11) is 1.63. The van der Waals surface area contributed by atoms with E-state index in [4.69, 9.17) is 14.8 Å². The minimum atomic E-state index is -1.11. The summed E-state index contributed by atoms with van der Waals surface area (Å²) < 4.78 is 19.2. The molecule has 0 aliphatic heterocycles. The number of aliphatic hydroxyl groups excluding tert-OH is 2. The van der Waals surface area contributed by atoms with Crippen LogP contribution in [0.3, 0.4) is 0 Å². The van der Waals surface area contributed by atoms with E-state index in [0.717, 1.165) is 33.6 Å². The van der Waals surface area contributed by atoms with Crippen LogP contribution in [0.5, 0.6) is 0 Å². The Labute approximate surface area is 195 Å². The molecular weight excluding hydrogens is 425 g/mol. The number of aromatic nitrogens is 1. The quantitative estimate of drug-likeness (QED) is 0.420. The van der Waals surface area contributed by atoms with Crippen LogP contribution in [0, 0.1) is 5.82 Å². The topological polar surface area (TPSA) is 99.9 Å². The van der Waals surface area contributed by atoms with Gasteiger partial charge in [-0.3, -0.25) is 9.78 Å². The molecule has 0 bridgehead atoms. The summed E-state index contributed by atoms with van der Waals surface area (Å²) in [4.78, 5) is 15.8. The average Bonchev–Trinajstić information content (AvgIpc) is 2.72. The standard InChI is InChI=1S/C26H36FNO5/c1-15(2)25-21(11-10-19(29)12-20(30)13-23(31)32)24(17-6-8-18(27)9-7-17)22(14-33-5)26(28-25)16(3)4/h6-9,15-16,19-20,29-30H,10-14H2,1-5H3,(H,31,32)/t19-,20-/m1/s1. The Bertz CT molecular complexity index is 927. The zero-order valence-corrected chi connectivity index (χ0v) is 20.1. The fourth-order valence-corrected chi connectivity index (χ4v) is 4.19. The van der Waals surface area contributed by atoms with E-state index >= 15 is 0 Å². The summed E-state index contributed by atoms with van der Waals surface area (Å²) in [5.41, 5.74) is 5.54. The van der Waals surface area contributed by atoms with Crippen molar-refractivity contribution in [1.29, 1.82) is 0 Å². The number of halogens is 1. The first-order chi connectivity index (χ1) is 15.5. The van der Waals surface area contributed by atoms with Gasteiger partial charge in [0.15, 0.2) is 0 Å². The van der Waals surface area contributed by atoms with Gasteiger partial charge in [0.25, 0.3) is 0 Å². The molecule has 3 N–H and O–H groups in total. The molecule has 0 saturated carbocycles. The summed E-state index contributed by atoms with van der Waals surface area (Å²) in [6, 6.07) is 6.35. The van der Waals surface area contributed by atoms with Crippen molar-refractivity contribution in [3.8, 4) is 11.1 Å². The third-order valence-electron chi connectivity index (χ3n) is 5.66. The van der Waals surface area contributed by atoms with Crippen molar-refractivity contribution in [1.82, 2.24) is 4.98 Å². The number of methoxy groups -OCH3 is 1. The number of carboxylic acid groups (broad SMARTS) is 1. The van der Waals surface area contributed by atoms with Crippen molar-refractivity contribution in [2.75, 3.05) is 7.11 Å². The van der Waals surface area contributed by atoms with E-state index in [1.807, 2.05) is 0 Å². The molecule has 0 fully saturated rings. The second-order valence-electron chi connectivity index (χ2n) is 9.14. The Hall–Kier alpha value is -2.35. The summed E-state index contributed by atoms with van der Waals surface area (Å²) in [5.74, 6) is -1.16. The van der Waals surface area contributed by atoms with Gasteiger partial charge in [0.1, 0.15) is 5.82 Å². The third kappa shape index (κ3) is 7.32. The third-order valence-corrected chi connectivity index (χ3v) is 5.66. The van der Waals surface area contributed by atoms with E-state index in [9.17, 15) is 19.4 Å². The van der Waals surface area contributed by atoms with E-state index in [1.165, 1.54) is 12.1 Å². The molecule has 0 saturated heterocycles. The Morgan fingerprint density at radius 1 is 1.00 bits per heavy atom. The molecule has 0 unspecified atom stereocenters. The first kappa shape index (κ1) is 26.9. The van der Waals surface area contributed by atoms with Crippen LogP contribution >= 0.6 is 0 Å². The number of hydrogen-bond acceptors (Lipinski definition) is 5. The first-order valence-electron chi connectivity index (χ1n) is 11.4. The van der Waals surface area contributed by atoms with Gasteiger partial charge in [-0.2, -0.15) is 0 Å². The molecule has 7 heteroatoms. The van der Waals surface area contributed by atoms with E-state index in [1.54, 1.807) is 19.2 Å². The maximum Gasteiger partial charge on any atom is 0.305 e. The van der Waals surface area contributed by atoms with Crippen LogP contribution in [0.2, 0.25) is 0 Å². The average molecular weight is 462 g/mol. The molecule has 1 aromatic carbocycles. The van der Waals surface area contributed by atoms with Crippen LogP contribution in [0.4, 0.5) is 4.39 Å². The number of benzene rings is 1. The SMILES string of the molecule is COCc1c(C(C)C)nc(C(C)C)c(CC[C@@H](O)C[C@@H](O)CC(=O)O)c1-c1ccc(F)cc1. The number of aliphatic hydroxyl groups is 2. The highest BCUT2D eigenvalue weighted by atomic mass is 19.1. The van der Waals surface area contributed by atoms with Crippen molar-refractivity contribution in [2.24, 2.45) is 0 Å². The lowest BCUT2D eigenvalue weighted by Crippen LogP contribution is -2.21. The van der Waals surface area contributed by atoms with Crippen LogP contribution in [0.25, 0.3) is 11.1 Å². The van der Waals surface area contributed by atoms with Gasteiger partial charge < -0.3 is 20.1 Å². The van der Waals surface area contributed by atoms with Crippen molar-refractivity contribution >= 4 is 5.97 Å². The predicted octanol–water partition coefficient (Wildman–Crippen LogP) is 4.80. The largest absolute Gasteiger partial charge is 0.481 e. The van der Waals surface area contributed by atoms with Gasteiger partial charge in [0.2, 0.25) is 0 Å². The number of carboxylic acids is 1. The van der Waals surface area contributed by atoms with Crippen LogP contribution < -0.4 is 0 Å².